The van der Waals surface area contributed by atoms with Crippen molar-refractivity contribution in [3.8, 4) is 0 Å². The fraction of sp³-hybridized carbons (Fsp3) is 0.467. The van der Waals surface area contributed by atoms with E-state index in [2.05, 4.69) is 0 Å². The number of halogens is 1. The van der Waals surface area contributed by atoms with Gasteiger partial charge < -0.3 is 10.0 Å². The molecule has 0 saturated carbocycles. The molecule has 1 aromatic carbocycles. The van der Waals surface area contributed by atoms with Gasteiger partial charge in [-0.1, -0.05) is 23.7 Å². The Morgan fingerprint density at radius 1 is 1.43 bits per heavy atom. The van der Waals surface area contributed by atoms with Crippen LogP contribution in [0.4, 0.5) is 0 Å². The monoisotopic (exact) mass is 327 g/mol. The molecule has 0 spiro atoms. The molecule has 1 aromatic rings. The van der Waals surface area contributed by atoms with Gasteiger partial charge >= 0.3 is 5.97 Å². The lowest BCUT2D eigenvalue weighted by Crippen LogP contribution is -2.45. The molecule has 0 aliphatic carbocycles. The molecule has 2 rings (SSSR count). The van der Waals surface area contributed by atoms with Crippen LogP contribution in [0.5, 0.6) is 0 Å². The van der Waals surface area contributed by atoms with Crippen LogP contribution in [0.2, 0.25) is 5.02 Å². The standard InChI is InChI=1S/C15H18ClNO3S/c1-10(21-13-7-3-2-6-12(13)16)14(18)17-8-4-5-11(9-17)15(19)20/h2-3,6-7,10-11H,4-5,8-9H2,1H3,(H,19,20). The Morgan fingerprint density at radius 2 is 2.14 bits per heavy atom. The first-order valence-electron chi connectivity index (χ1n) is 6.92. The number of likely N-dealkylation sites (tertiary alicyclic amines) is 1. The molecular weight excluding hydrogens is 310 g/mol. The summed E-state index contributed by atoms with van der Waals surface area (Å²) in [5.74, 6) is -1.29. The lowest BCUT2D eigenvalue weighted by Gasteiger charge is -2.32. The first-order chi connectivity index (χ1) is 9.99. The number of aliphatic carboxylic acids is 1. The highest BCUT2D eigenvalue weighted by Crippen LogP contribution is 2.31. The van der Waals surface area contributed by atoms with Crippen molar-refractivity contribution in [2.45, 2.75) is 29.9 Å². The summed E-state index contributed by atoms with van der Waals surface area (Å²) in [6.45, 7) is 2.78. The van der Waals surface area contributed by atoms with Gasteiger partial charge in [-0.25, -0.2) is 0 Å². The predicted octanol–water partition coefficient (Wildman–Crippen LogP) is 3.14. The number of thioether (sulfide) groups is 1. The summed E-state index contributed by atoms with van der Waals surface area (Å²) in [5, 5.41) is 9.44. The number of carboxylic acid groups (broad SMARTS) is 1. The fourth-order valence-electron chi connectivity index (χ4n) is 2.42. The maximum Gasteiger partial charge on any atom is 0.308 e. The van der Waals surface area contributed by atoms with Crippen molar-refractivity contribution >= 4 is 35.2 Å². The van der Waals surface area contributed by atoms with Crippen molar-refractivity contribution in [3.05, 3.63) is 29.3 Å². The number of hydrogen-bond acceptors (Lipinski definition) is 3. The Bertz CT molecular complexity index is 537. The Labute approximate surface area is 133 Å². The van der Waals surface area contributed by atoms with Gasteiger partial charge in [0.1, 0.15) is 0 Å². The molecule has 1 N–H and O–H groups in total. The molecule has 0 aromatic heterocycles. The maximum absolute atomic E-state index is 12.5. The highest BCUT2D eigenvalue weighted by Gasteiger charge is 2.30. The van der Waals surface area contributed by atoms with Gasteiger partial charge in [-0.05, 0) is 31.9 Å². The zero-order chi connectivity index (χ0) is 15.4. The third-order valence-corrected chi connectivity index (χ3v) is 5.18. The van der Waals surface area contributed by atoms with Gasteiger partial charge in [-0.3, -0.25) is 9.59 Å². The summed E-state index contributed by atoms with van der Waals surface area (Å²) >= 11 is 7.51. The highest BCUT2D eigenvalue weighted by molar-refractivity contribution is 8.00. The molecule has 1 heterocycles. The number of rotatable bonds is 4. The third-order valence-electron chi connectivity index (χ3n) is 3.57. The van der Waals surface area contributed by atoms with E-state index in [1.807, 2.05) is 25.1 Å². The third kappa shape index (κ3) is 4.14. The molecule has 1 aliphatic heterocycles. The fourth-order valence-corrected chi connectivity index (χ4v) is 3.66. The van der Waals surface area contributed by atoms with Gasteiger partial charge in [0, 0.05) is 18.0 Å². The van der Waals surface area contributed by atoms with Crippen LogP contribution in [0.25, 0.3) is 0 Å². The van der Waals surface area contributed by atoms with Crippen LogP contribution >= 0.6 is 23.4 Å². The van der Waals surface area contributed by atoms with Crippen LogP contribution in [0.3, 0.4) is 0 Å². The summed E-state index contributed by atoms with van der Waals surface area (Å²) in [7, 11) is 0. The molecule has 1 amide bonds. The Kier molecular flexibility index (Phi) is 5.53. The van der Waals surface area contributed by atoms with E-state index in [0.717, 1.165) is 11.3 Å². The number of amides is 1. The van der Waals surface area contributed by atoms with Gasteiger partial charge in [0.25, 0.3) is 0 Å². The highest BCUT2D eigenvalue weighted by atomic mass is 35.5. The number of benzene rings is 1. The number of carbonyl (C=O) groups is 2. The Morgan fingerprint density at radius 3 is 2.81 bits per heavy atom. The quantitative estimate of drug-likeness (QED) is 0.863. The lowest BCUT2D eigenvalue weighted by atomic mass is 9.98. The number of piperidine rings is 1. The lowest BCUT2D eigenvalue weighted by molar-refractivity contribution is -0.145. The minimum absolute atomic E-state index is 0.0223. The molecule has 0 bridgehead atoms. The SMILES string of the molecule is CC(Sc1ccccc1Cl)C(=O)N1CCCC(C(=O)O)C1. The van der Waals surface area contributed by atoms with Crippen LogP contribution < -0.4 is 0 Å². The second-order valence-corrected chi connectivity index (χ2v) is 6.94. The van der Waals surface area contributed by atoms with Crippen LogP contribution in [-0.4, -0.2) is 40.2 Å². The van der Waals surface area contributed by atoms with Crippen molar-refractivity contribution in [2.24, 2.45) is 5.92 Å². The molecule has 6 heteroatoms. The minimum atomic E-state index is -0.820. The molecule has 2 atom stereocenters. The first kappa shape index (κ1) is 16.2. The number of nitrogens with zero attached hydrogens (tertiary/aromatic N) is 1. The minimum Gasteiger partial charge on any atom is -0.481 e. The predicted molar refractivity (Wildman–Crippen MR) is 83.7 cm³/mol. The first-order valence-corrected chi connectivity index (χ1v) is 8.17. The molecule has 114 valence electrons. The van der Waals surface area contributed by atoms with Crippen LogP contribution in [0.15, 0.2) is 29.2 Å². The number of carbonyl (C=O) groups excluding carboxylic acids is 1. The normalized spacial score (nSPS) is 20.1. The van der Waals surface area contributed by atoms with Gasteiger partial charge in [0.05, 0.1) is 16.2 Å². The van der Waals surface area contributed by atoms with Gasteiger partial charge in [0.15, 0.2) is 0 Å². The Balaban J connectivity index is 1.99. The van der Waals surface area contributed by atoms with Gasteiger partial charge in [0.2, 0.25) is 5.91 Å². The van der Waals surface area contributed by atoms with Crippen molar-refractivity contribution in [1.82, 2.24) is 4.90 Å². The van der Waals surface area contributed by atoms with Crippen molar-refractivity contribution in [3.63, 3.8) is 0 Å². The Hall–Kier alpha value is -1.20. The molecule has 4 nitrogen and oxygen atoms in total. The molecular formula is C15H18ClNO3S. The summed E-state index contributed by atoms with van der Waals surface area (Å²) in [5.41, 5.74) is 0. The van der Waals surface area contributed by atoms with E-state index in [1.54, 1.807) is 11.0 Å². The molecule has 21 heavy (non-hydrogen) atoms. The number of hydrogen-bond donors (Lipinski definition) is 1. The van der Waals surface area contributed by atoms with E-state index in [4.69, 9.17) is 16.7 Å². The van der Waals surface area contributed by atoms with E-state index >= 15 is 0 Å². The van der Waals surface area contributed by atoms with Gasteiger partial charge in [-0.15, -0.1) is 11.8 Å². The maximum atomic E-state index is 12.5. The van der Waals surface area contributed by atoms with E-state index in [-0.39, 0.29) is 11.2 Å². The van der Waals surface area contributed by atoms with Gasteiger partial charge in [-0.2, -0.15) is 0 Å². The summed E-state index contributed by atoms with van der Waals surface area (Å²) in [4.78, 5) is 26.0. The van der Waals surface area contributed by atoms with E-state index in [1.165, 1.54) is 11.8 Å². The van der Waals surface area contributed by atoms with Crippen LogP contribution in [0, 0.1) is 5.92 Å². The molecule has 1 aliphatic rings. The van der Waals surface area contributed by atoms with Crippen molar-refractivity contribution in [2.75, 3.05) is 13.1 Å². The molecule has 2 unspecified atom stereocenters. The largest absolute Gasteiger partial charge is 0.481 e. The summed E-state index contributed by atoms with van der Waals surface area (Å²) in [6.07, 6.45) is 1.39. The molecule has 0 radical (unpaired) electrons. The van der Waals surface area contributed by atoms with Crippen molar-refractivity contribution < 1.29 is 14.7 Å². The molecule has 1 saturated heterocycles. The zero-order valence-corrected chi connectivity index (χ0v) is 13.4. The number of carboxylic acids is 1. The topological polar surface area (TPSA) is 57.6 Å². The smallest absolute Gasteiger partial charge is 0.308 e. The average Bonchev–Trinajstić information content (AvgIpc) is 2.49. The van der Waals surface area contributed by atoms with Crippen molar-refractivity contribution in [1.29, 1.82) is 0 Å². The summed E-state index contributed by atoms with van der Waals surface area (Å²) < 4.78 is 0. The van der Waals surface area contributed by atoms with E-state index < -0.39 is 11.9 Å². The average molecular weight is 328 g/mol. The molecule has 1 fully saturated rings. The van der Waals surface area contributed by atoms with Crippen LogP contribution in [-0.2, 0) is 9.59 Å². The van der Waals surface area contributed by atoms with Crippen LogP contribution in [0.1, 0.15) is 19.8 Å². The van der Waals surface area contributed by atoms with E-state index in [0.29, 0.717) is 24.5 Å². The summed E-state index contributed by atoms with van der Waals surface area (Å²) in [6, 6.07) is 7.41. The van der Waals surface area contributed by atoms with E-state index in [9.17, 15) is 9.59 Å². The second-order valence-electron chi connectivity index (χ2n) is 5.15. The second kappa shape index (κ2) is 7.18. The zero-order valence-electron chi connectivity index (χ0n) is 11.8.